The number of nitrogens with two attached hydrogens (primary N) is 1. The second-order valence-corrected chi connectivity index (χ2v) is 3.84. The summed E-state index contributed by atoms with van der Waals surface area (Å²) in [5.74, 6) is 0. The number of hydrogen-bond donors (Lipinski definition) is 1. The number of hydrogen-bond acceptors (Lipinski definition) is 3. The fraction of sp³-hybridized carbons (Fsp3) is 0.0769. The van der Waals surface area contributed by atoms with Gasteiger partial charge in [-0.15, -0.1) is 0 Å². The molecule has 2 N–H and O–H groups in total. The van der Waals surface area contributed by atoms with Gasteiger partial charge in [0.1, 0.15) is 0 Å². The first-order valence-electron chi connectivity index (χ1n) is 5.45. The number of aromatic nitrogens is 3. The van der Waals surface area contributed by atoms with Crippen LogP contribution in [0.4, 0.5) is 0 Å². The summed E-state index contributed by atoms with van der Waals surface area (Å²) in [7, 11) is 0. The molecule has 0 fully saturated rings. The maximum absolute atomic E-state index is 5.67. The molecule has 0 aliphatic rings. The van der Waals surface area contributed by atoms with Crippen molar-refractivity contribution in [3.05, 3.63) is 54.7 Å². The largest absolute Gasteiger partial charge is 0.325 e. The predicted molar refractivity (Wildman–Crippen MR) is 66.8 cm³/mol. The van der Waals surface area contributed by atoms with Crippen LogP contribution in [0, 0.1) is 0 Å². The Morgan fingerprint density at radius 1 is 1.24 bits per heavy atom. The summed E-state index contributed by atoms with van der Waals surface area (Å²) >= 11 is 0. The lowest BCUT2D eigenvalue weighted by atomic mass is 10.2. The van der Waals surface area contributed by atoms with E-state index in [9.17, 15) is 0 Å². The van der Waals surface area contributed by atoms with E-state index in [0.29, 0.717) is 6.54 Å². The first-order valence-corrected chi connectivity index (χ1v) is 5.45. The van der Waals surface area contributed by atoms with Gasteiger partial charge in [0.2, 0.25) is 0 Å². The molecule has 1 aromatic carbocycles. The monoisotopic (exact) mass is 224 g/mol. The first kappa shape index (κ1) is 9.99. The number of fused-ring (bicyclic) bond motifs is 1. The van der Waals surface area contributed by atoms with Crippen LogP contribution in [0.5, 0.6) is 0 Å². The molecule has 0 atom stereocenters. The summed E-state index contributed by atoms with van der Waals surface area (Å²) in [6, 6.07) is 10.1. The lowest BCUT2D eigenvalue weighted by Gasteiger charge is -2.07. The van der Waals surface area contributed by atoms with E-state index in [1.54, 1.807) is 18.7 Å². The summed E-state index contributed by atoms with van der Waals surface area (Å²) in [6.07, 6.45) is 5.36. The van der Waals surface area contributed by atoms with E-state index in [0.717, 1.165) is 22.3 Å². The quantitative estimate of drug-likeness (QED) is 0.723. The molecule has 0 bridgehead atoms. The summed E-state index contributed by atoms with van der Waals surface area (Å²) in [6.45, 7) is 0.477. The van der Waals surface area contributed by atoms with Crippen LogP contribution >= 0.6 is 0 Å². The third-order valence-corrected chi connectivity index (χ3v) is 2.79. The van der Waals surface area contributed by atoms with Crippen LogP contribution in [0.2, 0.25) is 0 Å². The van der Waals surface area contributed by atoms with Crippen LogP contribution in [0.25, 0.3) is 16.6 Å². The van der Waals surface area contributed by atoms with Crippen molar-refractivity contribution in [1.82, 2.24) is 14.5 Å². The molecule has 4 nitrogen and oxygen atoms in total. The van der Waals surface area contributed by atoms with Gasteiger partial charge in [0.25, 0.3) is 0 Å². The zero-order valence-corrected chi connectivity index (χ0v) is 9.24. The summed E-state index contributed by atoms with van der Waals surface area (Å²) in [5, 5.41) is 1.11. The molecule has 84 valence electrons. The van der Waals surface area contributed by atoms with E-state index in [1.807, 2.05) is 28.8 Å². The Morgan fingerprint density at radius 3 is 3.06 bits per heavy atom. The minimum atomic E-state index is 0.477. The number of pyridine rings is 1. The molecule has 0 aliphatic carbocycles. The molecule has 0 amide bonds. The van der Waals surface area contributed by atoms with Crippen molar-refractivity contribution < 1.29 is 0 Å². The summed E-state index contributed by atoms with van der Waals surface area (Å²) in [5.41, 5.74) is 8.72. The van der Waals surface area contributed by atoms with Crippen LogP contribution in [0.1, 0.15) is 5.69 Å². The third-order valence-electron chi connectivity index (χ3n) is 2.79. The van der Waals surface area contributed by atoms with Gasteiger partial charge in [-0.3, -0.25) is 4.98 Å². The maximum Gasteiger partial charge on any atom is 0.0994 e. The highest BCUT2D eigenvalue weighted by atomic mass is 15.1. The van der Waals surface area contributed by atoms with E-state index in [2.05, 4.69) is 16.0 Å². The lowest BCUT2D eigenvalue weighted by molar-refractivity contribution is 0.911. The Hall–Kier alpha value is -2.20. The van der Waals surface area contributed by atoms with Gasteiger partial charge in [-0.05, 0) is 24.3 Å². The van der Waals surface area contributed by atoms with E-state index in [1.165, 1.54) is 0 Å². The summed E-state index contributed by atoms with van der Waals surface area (Å²) < 4.78 is 1.99. The SMILES string of the molecule is NCc1cncn1-c1ccc2ncccc2c1. The Labute approximate surface area is 98.7 Å². The fourth-order valence-electron chi connectivity index (χ4n) is 1.92. The molecule has 0 radical (unpaired) electrons. The molecule has 0 spiro atoms. The maximum atomic E-state index is 5.67. The van der Waals surface area contributed by atoms with Crippen molar-refractivity contribution >= 4 is 10.9 Å². The fourth-order valence-corrected chi connectivity index (χ4v) is 1.92. The van der Waals surface area contributed by atoms with Gasteiger partial charge in [0, 0.05) is 30.0 Å². The number of benzene rings is 1. The van der Waals surface area contributed by atoms with Crippen molar-refractivity contribution in [3.8, 4) is 5.69 Å². The average molecular weight is 224 g/mol. The van der Waals surface area contributed by atoms with Gasteiger partial charge < -0.3 is 10.3 Å². The van der Waals surface area contributed by atoms with Gasteiger partial charge in [0.05, 0.1) is 17.5 Å². The standard InChI is InChI=1S/C13H12N4/c14-7-12-8-15-9-17(12)11-3-4-13-10(6-11)2-1-5-16-13/h1-6,8-9H,7,14H2. The van der Waals surface area contributed by atoms with Gasteiger partial charge in [-0.2, -0.15) is 0 Å². The highest BCUT2D eigenvalue weighted by molar-refractivity contribution is 5.80. The molecule has 4 heteroatoms. The minimum absolute atomic E-state index is 0.477. The Morgan fingerprint density at radius 2 is 2.18 bits per heavy atom. The topological polar surface area (TPSA) is 56.7 Å². The minimum Gasteiger partial charge on any atom is -0.325 e. The normalized spacial score (nSPS) is 10.9. The van der Waals surface area contributed by atoms with Crippen molar-refractivity contribution in [2.45, 2.75) is 6.54 Å². The van der Waals surface area contributed by atoms with Gasteiger partial charge in [-0.25, -0.2) is 4.98 Å². The first-order chi connectivity index (χ1) is 8.38. The smallest absolute Gasteiger partial charge is 0.0994 e. The van der Waals surface area contributed by atoms with Crippen LogP contribution in [0.15, 0.2) is 49.1 Å². The second kappa shape index (κ2) is 3.99. The molecule has 0 saturated carbocycles. The molecule has 17 heavy (non-hydrogen) atoms. The Balaban J connectivity index is 2.18. The van der Waals surface area contributed by atoms with Gasteiger partial charge in [0.15, 0.2) is 0 Å². The summed E-state index contributed by atoms with van der Waals surface area (Å²) in [4.78, 5) is 8.41. The van der Waals surface area contributed by atoms with Crippen molar-refractivity contribution in [3.63, 3.8) is 0 Å². The van der Waals surface area contributed by atoms with Crippen molar-refractivity contribution in [1.29, 1.82) is 0 Å². The van der Waals surface area contributed by atoms with E-state index >= 15 is 0 Å². The Bertz CT molecular complexity index is 657. The second-order valence-electron chi connectivity index (χ2n) is 3.84. The Kier molecular flexibility index (Phi) is 2.34. The van der Waals surface area contributed by atoms with E-state index < -0.39 is 0 Å². The molecule has 2 aromatic heterocycles. The van der Waals surface area contributed by atoms with Crippen molar-refractivity contribution in [2.75, 3.05) is 0 Å². The van der Waals surface area contributed by atoms with Gasteiger partial charge >= 0.3 is 0 Å². The molecule has 2 heterocycles. The molecule has 3 aromatic rings. The molecule has 3 rings (SSSR count). The van der Waals surface area contributed by atoms with Crippen LogP contribution in [0.3, 0.4) is 0 Å². The van der Waals surface area contributed by atoms with Gasteiger partial charge in [-0.1, -0.05) is 6.07 Å². The van der Waals surface area contributed by atoms with Crippen molar-refractivity contribution in [2.24, 2.45) is 5.73 Å². The van der Waals surface area contributed by atoms with Crippen LogP contribution in [-0.4, -0.2) is 14.5 Å². The number of imidazole rings is 1. The molecular weight excluding hydrogens is 212 g/mol. The van der Waals surface area contributed by atoms with E-state index in [4.69, 9.17) is 5.73 Å². The average Bonchev–Trinajstić information content (AvgIpc) is 2.86. The third kappa shape index (κ3) is 1.68. The number of rotatable bonds is 2. The highest BCUT2D eigenvalue weighted by Crippen LogP contribution is 2.17. The predicted octanol–water partition coefficient (Wildman–Crippen LogP) is 1.88. The zero-order chi connectivity index (χ0) is 11.7. The van der Waals surface area contributed by atoms with E-state index in [-0.39, 0.29) is 0 Å². The molecule has 0 unspecified atom stereocenters. The lowest BCUT2D eigenvalue weighted by Crippen LogP contribution is -2.04. The molecular formula is C13H12N4. The zero-order valence-electron chi connectivity index (χ0n) is 9.24. The van der Waals surface area contributed by atoms with Crippen LogP contribution < -0.4 is 5.73 Å². The highest BCUT2D eigenvalue weighted by Gasteiger charge is 2.03. The van der Waals surface area contributed by atoms with Crippen LogP contribution in [-0.2, 0) is 6.54 Å². The molecule has 0 aliphatic heterocycles. The number of nitrogens with zero attached hydrogens (tertiary/aromatic N) is 3. The molecule has 0 saturated heterocycles.